The number of hydrogen-bond donors (Lipinski definition) is 0. The summed E-state index contributed by atoms with van der Waals surface area (Å²) in [5, 5.41) is 0. The fraction of sp³-hybridized carbons (Fsp3) is 0.389. The standard InChI is InChI=1S/C18H22O4/c1-12(2)15(19)11-18(3,4)10-13-6-8-14(9-7-13)16(20)17(21)22-5/h6-9H,1,10-11H2,2-5H3. The van der Waals surface area contributed by atoms with E-state index < -0.39 is 11.8 Å². The number of Topliss-reactive ketones (excluding diaryl/α,β-unsaturated/α-hetero) is 2. The molecule has 0 saturated carbocycles. The molecule has 0 unspecified atom stereocenters. The van der Waals surface area contributed by atoms with Gasteiger partial charge in [-0.05, 0) is 29.9 Å². The fourth-order valence-corrected chi connectivity index (χ4v) is 2.19. The molecule has 4 nitrogen and oxygen atoms in total. The number of allylic oxidation sites excluding steroid dienone is 1. The molecule has 0 atom stereocenters. The third-order valence-electron chi connectivity index (χ3n) is 3.38. The Labute approximate surface area is 131 Å². The summed E-state index contributed by atoms with van der Waals surface area (Å²) in [6.07, 6.45) is 1.11. The molecule has 0 spiro atoms. The van der Waals surface area contributed by atoms with Crippen molar-refractivity contribution in [2.75, 3.05) is 7.11 Å². The van der Waals surface area contributed by atoms with Gasteiger partial charge in [-0.3, -0.25) is 9.59 Å². The minimum atomic E-state index is -0.875. The van der Waals surface area contributed by atoms with Gasteiger partial charge in [-0.15, -0.1) is 0 Å². The average molecular weight is 302 g/mol. The zero-order chi connectivity index (χ0) is 16.9. The minimum Gasteiger partial charge on any atom is -0.463 e. The lowest BCUT2D eigenvalue weighted by Gasteiger charge is -2.24. The summed E-state index contributed by atoms with van der Waals surface area (Å²) in [6, 6.07) is 6.79. The highest BCUT2D eigenvalue weighted by Crippen LogP contribution is 2.27. The highest BCUT2D eigenvalue weighted by Gasteiger charge is 2.23. The van der Waals surface area contributed by atoms with Crippen LogP contribution >= 0.6 is 0 Å². The van der Waals surface area contributed by atoms with E-state index in [2.05, 4.69) is 11.3 Å². The van der Waals surface area contributed by atoms with Crippen LogP contribution in [0.4, 0.5) is 0 Å². The van der Waals surface area contributed by atoms with E-state index in [-0.39, 0.29) is 11.2 Å². The highest BCUT2D eigenvalue weighted by atomic mass is 16.5. The van der Waals surface area contributed by atoms with Crippen LogP contribution in [0.1, 0.15) is 43.1 Å². The number of benzene rings is 1. The number of carbonyl (C=O) groups is 3. The molecule has 0 aliphatic heterocycles. The zero-order valence-electron chi connectivity index (χ0n) is 13.6. The summed E-state index contributed by atoms with van der Waals surface area (Å²) in [5.41, 5.74) is 1.66. The second kappa shape index (κ2) is 7.16. The van der Waals surface area contributed by atoms with E-state index in [1.807, 2.05) is 13.8 Å². The molecule has 0 bridgehead atoms. The van der Waals surface area contributed by atoms with Crippen molar-refractivity contribution in [1.82, 2.24) is 0 Å². The third kappa shape index (κ3) is 4.95. The molecule has 0 radical (unpaired) electrons. The SMILES string of the molecule is C=C(C)C(=O)CC(C)(C)Cc1ccc(C(=O)C(=O)OC)cc1. The van der Waals surface area contributed by atoms with E-state index in [1.54, 1.807) is 31.2 Å². The van der Waals surface area contributed by atoms with Crippen LogP contribution in [-0.2, 0) is 20.7 Å². The summed E-state index contributed by atoms with van der Waals surface area (Å²) < 4.78 is 4.41. The first-order valence-corrected chi connectivity index (χ1v) is 7.06. The summed E-state index contributed by atoms with van der Waals surface area (Å²) in [4.78, 5) is 34.7. The van der Waals surface area contributed by atoms with Crippen LogP contribution in [0.15, 0.2) is 36.4 Å². The predicted octanol–water partition coefficient (Wildman–Crippen LogP) is 3.15. The van der Waals surface area contributed by atoms with Crippen molar-refractivity contribution in [3.05, 3.63) is 47.5 Å². The van der Waals surface area contributed by atoms with Crippen LogP contribution in [0, 0.1) is 5.41 Å². The lowest BCUT2D eigenvalue weighted by atomic mass is 9.80. The maximum atomic E-state index is 11.8. The molecule has 0 aliphatic rings. The monoisotopic (exact) mass is 302 g/mol. The van der Waals surface area contributed by atoms with Crippen molar-refractivity contribution >= 4 is 17.5 Å². The number of methoxy groups -OCH3 is 1. The normalized spacial score (nSPS) is 10.9. The number of carbonyl (C=O) groups excluding carboxylic acids is 3. The van der Waals surface area contributed by atoms with E-state index in [4.69, 9.17) is 0 Å². The largest absolute Gasteiger partial charge is 0.463 e. The first-order chi connectivity index (χ1) is 10.2. The van der Waals surface area contributed by atoms with Crippen molar-refractivity contribution < 1.29 is 19.1 Å². The molecular formula is C18H22O4. The van der Waals surface area contributed by atoms with Gasteiger partial charge in [0.05, 0.1) is 7.11 Å². The van der Waals surface area contributed by atoms with Crippen LogP contribution in [0.2, 0.25) is 0 Å². The number of ketones is 2. The highest BCUT2D eigenvalue weighted by molar-refractivity contribution is 6.40. The predicted molar refractivity (Wildman–Crippen MR) is 84.7 cm³/mol. The smallest absolute Gasteiger partial charge is 0.379 e. The van der Waals surface area contributed by atoms with Gasteiger partial charge in [0.1, 0.15) is 0 Å². The molecule has 4 heteroatoms. The van der Waals surface area contributed by atoms with Gasteiger partial charge in [0.15, 0.2) is 5.78 Å². The van der Waals surface area contributed by atoms with Crippen LogP contribution < -0.4 is 0 Å². The summed E-state index contributed by atoms with van der Waals surface area (Å²) in [7, 11) is 1.18. The molecule has 0 aliphatic carbocycles. The number of hydrogen-bond acceptors (Lipinski definition) is 4. The van der Waals surface area contributed by atoms with Crippen LogP contribution in [0.25, 0.3) is 0 Å². The Balaban J connectivity index is 2.79. The van der Waals surface area contributed by atoms with Gasteiger partial charge in [0.2, 0.25) is 0 Å². The Morgan fingerprint density at radius 2 is 1.68 bits per heavy atom. The van der Waals surface area contributed by atoms with Crippen molar-refractivity contribution in [2.45, 2.75) is 33.6 Å². The fourth-order valence-electron chi connectivity index (χ4n) is 2.19. The second-order valence-corrected chi connectivity index (χ2v) is 6.24. The molecular weight excluding hydrogens is 280 g/mol. The minimum absolute atomic E-state index is 0.0579. The molecule has 1 aromatic rings. The Morgan fingerprint density at radius 1 is 1.14 bits per heavy atom. The van der Waals surface area contributed by atoms with E-state index in [9.17, 15) is 14.4 Å². The number of esters is 1. The van der Waals surface area contributed by atoms with E-state index in [0.29, 0.717) is 24.0 Å². The average Bonchev–Trinajstić information content (AvgIpc) is 2.45. The molecule has 1 aromatic carbocycles. The van der Waals surface area contributed by atoms with Gasteiger partial charge >= 0.3 is 5.97 Å². The first kappa shape index (κ1) is 17.8. The topological polar surface area (TPSA) is 60.4 Å². The molecule has 22 heavy (non-hydrogen) atoms. The maximum absolute atomic E-state index is 11.8. The van der Waals surface area contributed by atoms with Gasteiger partial charge in [-0.2, -0.15) is 0 Å². The molecule has 0 heterocycles. The number of ether oxygens (including phenoxy) is 1. The van der Waals surface area contributed by atoms with Gasteiger partial charge in [-0.25, -0.2) is 4.79 Å². The molecule has 0 N–H and O–H groups in total. The quantitative estimate of drug-likeness (QED) is 0.336. The van der Waals surface area contributed by atoms with E-state index in [1.165, 1.54) is 7.11 Å². The van der Waals surface area contributed by atoms with Crippen LogP contribution in [0.5, 0.6) is 0 Å². The van der Waals surface area contributed by atoms with Crippen molar-refractivity contribution in [3.8, 4) is 0 Å². The summed E-state index contributed by atoms with van der Waals surface area (Å²) >= 11 is 0. The Bertz CT molecular complexity index is 594. The molecule has 0 saturated heterocycles. The molecule has 0 fully saturated rings. The van der Waals surface area contributed by atoms with Crippen molar-refractivity contribution in [3.63, 3.8) is 0 Å². The summed E-state index contributed by atoms with van der Waals surface area (Å²) in [6.45, 7) is 9.42. The van der Waals surface area contributed by atoms with Gasteiger partial charge in [-0.1, -0.05) is 44.7 Å². The molecule has 0 aromatic heterocycles. The van der Waals surface area contributed by atoms with Gasteiger partial charge in [0, 0.05) is 12.0 Å². The van der Waals surface area contributed by atoms with Crippen LogP contribution in [-0.4, -0.2) is 24.6 Å². The van der Waals surface area contributed by atoms with E-state index >= 15 is 0 Å². The summed E-state index contributed by atoms with van der Waals surface area (Å²) in [5.74, 6) is -1.48. The third-order valence-corrected chi connectivity index (χ3v) is 3.38. The van der Waals surface area contributed by atoms with Gasteiger partial charge in [0.25, 0.3) is 5.78 Å². The Morgan fingerprint density at radius 3 is 2.14 bits per heavy atom. The van der Waals surface area contributed by atoms with Crippen molar-refractivity contribution in [2.24, 2.45) is 5.41 Å². The Kier molecular flexibility index (Phi) is 5.80. The Hall–Kier alpha value is -2.23. The lowest BCUT2D eigenvalue weighted by molar-refractivity contribution is -0.135. The molecule has 1 rings (SSSR count). The zero-order valence-corrected chi connectivity index (χ0v) is 13.6. The van der Waals surface area contributed by atoms with Crippen molar-refractivity contribution in [1.29, 1.82) is 0 Å². The molecule has 118 valence electrons. The maximum Gasteiger partial charge on any atom is 0.379 e. The van der Waals surface area contributed by atoms with Crippen LogP contribution in [0.3, 0.4) is 0 Å². The van der Waals surface area contributed by atoms with Gasteiger partial charge < -0.3 is 4.74 Å². The van der Waals surface area contributed by atoms with E-state index in [0.717, 1.165) is 5.56 Å². The first-order valence-electron chi connectivity index (χ1n) is 7.06. The second-order valence-electron chi connectivity index (χ2n) is 6.24. The lowest BCUT2D eigenvalue weighted by Crippen LogP contribution is -2.20. The number of rotatable bonds is 7. The molecule has 0 amide bonds.